The molecule has 4 aliphatic rings. The SMILES string of the molecule is Cc1ccc(C[C@@H](B2O[C@@H]3C[C@@H]4C[C@@H](C4(C)C)[C@]3(C)O2)N([Si](C)(C)C)[Si](C)(C)C)c(C)c1. The van der Waals surface area contributed by atoms with Crippen molar-refractivity contribution in [3.8, 4) is 0 Å². The van der Waals surface area contributed by atoms with Gasteiger partial charge in [0, 0.05) is 5.94 Å². The summed E-state index contributed by atoms with van der Waals surface area (Å²) >= 11 is 0. The van der Waals surface area contributed by atoms with E-state index in [0.717, 1.165) is 18.8 Å². The molecule has 5 rings (SSSR count). The molecule has 3 nitrogen and oxygen atoms in total. The van der Waals surface area contributed by atoms with E-state index in [0.29, 0.717) is 11.3 Å². The first-order valence-electron chi connectivity index (χ1n) is 12.7. The summed E-state index contributed by atoms with van der Waals surface area (Å²) < 4.78 is 16.9. The lowest BCUT2D eigenvalue weighted by Crippen LogP contribution is -2.68. The standard InChI is InChI=1S/C26H46BNO2Si2/c1-18-12-13-20(19(2)14-18)15-24(28(31(6,7)8)32(9,10)11)27-29-23-17-21-16-22(25(21,3)4)26(23,5)30-27/h12-14,21-24H,15-17H2,1-11H3/t21-,22-,23+,24-,26-/m0/s1. The van der Waals surface area contributed by atoms with Gasteiger partial charge in [-0.15, -0.1) is 0 Å². The Morgan fingerprint density at radius 1 is 1.03 bits per heavy atom. The number of aryl methyl sites for hydroxylation is 2. The maximum atomic E-state index is 7.09. The van der Waals surface area contributed by atoms with E-state index in [-0.39, 0.29) is 24.8 Å². The van der Waals surface area contributed by atoms with E-state index in [1.165, 1.54) is 23.1 Å². The Morgan fingerprint density at radius 3 is 2.19 bits per heavy atom. The second kappa shape index (κ2) is 7.81. The van der Waals surface area contributed by atoms with Crippen molar-refractivity contribution in [3.05, 3.63) is 34.9 Å². The summed E-state index contributed by atoms with van der Waals surface area (Å²) in [4.78, 5) is 0. The van der Waals surface area contributed by atoms with E-state index in [1.807, 2.05) is 0 Å². The van der Waals surface area contributed by atoms with Gasteiger partial charge >= 0.3 is 7.12 Å². The van der Waals surface area contributed by atoms with E-state index in [9.17, 15) is 0 Å². The van der Waals surface area contributed by atoms with E-state index >= 15 is 0 Å². The van der Waals surface area contributed by atoms with Gasteiger partial charge in [0.05, 0.1) is 11.7 Å². The Hall–Kier alpha value is -0.401. The van der Waals surface area contributed by atoms with Crippen LogP contribution in [0.5, 0.6) is 0 Å². The van der Waals surface area contributed by atoms with Crippen LogP contribution in [0.3, 0.4) is 0 Å². The maximum absolute atomic E-state index is 7.09. The summed E-state index contributed by atoms with van der Waals surface area (Å²) in [5.74, 6) is 1.67. The lowest BCUT2D eigenvalue weighted by molar-refractivity contribution is -0.199. The molecule has 1 saturated heterocycles. The smallest absolute Gasteiger partial charge is 0.404 e. The van der Waals surface area contributed by atoms with Crippen LogP contribution in [0.25, 0.3) is 0 Å². The zero-order valence-corrected chi connectivity index (χ0v) is 24.5. The highest BCUT2D eigenvalue weighted by atomic mass is 28.4. The van der Waals surface area contributed by atoms with Gasteiger partial charge in [-0.25, -0.2) is 0 Å². The molecule has 1 aliphatic heterocycles. The minimum Gasteiger partial charge on any atom is -0.404 e. The number of nitrogens with zero attached hydrogens (tertiary/aromatic N) is 1. The molecular formula is C26H46BNO2Si2. The van der Waals surface area contributed by atoms with Gasteiger partial charge in [0.25, 0.3) is 0 Å². The van der Waals surface area contributed by atoms with Crippen molar-refractivity contribution in [3.63, 3.8) is 0 Å². The van der Waals surface area contributed by atoms with Crippen LogP contribution in [0.2, 0.25) is 39.3 Å². The average Bonchev–Trinajstić information content (AvgIpc) is 2.97. The van der Waals surface area contributed by atoms with E-state index in [4.69, 9.17) is 9.31 Å². The number of benzene rings is 1. The molecular weight excluding hydrogens is 425 g/mol. The van der Waals surface area contributed by atoms with Crippen molar-refractivity contribution in [2.24, 2.45) is 17.3 Å². The van der Waals surface area contributed by atoms with Crippen molar-refractivity contribution >= 4 is 23.6 Å². The second-order valence-corrected chi connectivity index (χ2v) is 23.8. The molecule has 3 saturated carbocycles. The fraction of sp³-hybridized carbons (Fsp3) is 0.769. The van der Waals surface area contributed by atoms with Crippen LogP contribution in [-0.2, 0) is 15.7 Å². The average molecular weight is 472 g/mol. The largest absolute Gasteiger partial charge is 0.475 e. The monoisotopic (exact) mass is 471 g/mol. The lowest BCUT2D eigenvalue weighted by atomic mass is 9.43. The quantitative estimate of drug-likeness (QED) is 0.445. The Bertz CT molecular complexity index is 864. The summed E-state index contributed by atoms with van der Waals surface area (Å²) in [7, 11) is -3.36. The molecule has 0 spiro atoms. The van der Waals surface area contributed by atoms with Crippen LogP contribution < -0.4 is 0 Å². The molecule has 1 aromatic carbocycles. The third-order valence-electron chi connectivity index (χ3n) is 8.99. The van der Waals surface area contributed by atoms with Crippen molar-refractivity contribution in [1.82, 2.24) is 4.23 Å². The molecule has 0 unspecified atom stereocenters. The molecule has 178 valence electrons. The van der Waals surface area contributed by atoms with Gasteiger partial charge in [0.2, 0.25) is 0 Å². The topological polar surface area (TPSA) is 21.7 Å². The van der Waals surface area contributed by atoms with E-state index in [1.54, 1.807) is 0 Å². The summed E-state index contributed by atoms with van der Waals surface area (Å²) in [6.07, 6.45) is 3.72. The molecule has 3 aliphatic carbocycles. The van der Waals surface area contributed by atoms with Gasteiger partial charge < -0.3 is 13.5 Å². The molecule has 2 bridgehead atoms. The Balaban J connectivity index is 1.71. The Kier molecular flexibility index (Phi) is 6.03. The number of hydrogen-bond acceptors (Lipinski definition) is 3. The third-order valence-corrected chi connectivity index (χ3v) is 16.6. The summed E-state index contributed by atoms with van der Waals surface area (Å²) in [6, 6.07) is 6.93. The number of hydrogen-bond donors (Lipinski definition) is 0. The zero-order chi connectivity index (χ0) is 23.9. The molecule has 0 radical (unpaired) electrons. The fourth-order valence-electron chi connectivity index (χ4n) is 7.67. The first-order valence-corrected chi connectivity index (χ1v) is 19.6. The summed E-state index contributed by atoms with van der Waals surface area (Å²) in [6.45, 7) is 26.7. The van der Waals surface area contributed by atoms with Crippen LogP contribution in [0.1, 0.15) is 50.3 Å². The van der Waals surface area contributed by atoms with Crippen LogP contribution in [-0.4, -0.2) is 45.5 Å². The molecule has 4 fully saturated rings. The van der Waals surface area contributed by atoms with E-state index < -0.39 is 16.5 Å². The zero-order valence-electron chi connectivity index (χ0n) is 22.5. The molecule has 0 aromatic heterocycles. The van der Waals surface area contributed by atoms with Crippen LogP contribution in [0, 0.1) is 31.1 Å². The Morgan fingerprint density at radius 2 is 1.66 bits per heavy atom. The minimum atomic E-state index is -1.61. The summed E-state index contributed by atoms with van der Waals surface area (Å²) in [5.41, 5.74) is 4.41. The highest BCUT2D eigenvalue weighted by Crippen LogP contribution is 2.66. The van der Waals surface area contributed by atoms with Crippen molar-refractivity contribution in [2.45, 2.75) is 111 Å². The second-order valence-electron chi connectivity index (χ2n) is 13.8. The third kappa shape index (κ3) is 4.02. The fourth-order valence-corrected chi connectivity index (χ4v) is 18.1. The molecule has 32 heavy (non-hydrogen) atoms. The molecule has 5 atom stereocenters. The molecule has 6 heteroatoms. The van der Waals surface area contributed by atoms with Crippen LogP contribution in [0.4, 0.5) is 0 Å². The lowest BCUT2D eigenvalue weighted by Gasteiger charge is -2.64. The molecule has 0 amide bonds. The Labute approximate surface area is 200 Å². The predicted molar refractivity (Wildman–Crippen MR) is 142 cm³/mol. The molecule has 1 heterocycles. The molecule has 0 N–H and O–H groups in total. The van der Waals surface area contributed by atoms with Gasteiger partial charge in [-0.3, -0.25) is 0 Å². The first-order chi connectivity index (χ1) is 14.5. The van der Waals surface area contributed by atoms with Crippen LogP contribution >= 0.6 is 0 Å². The molecule has 1 aromatic rings. The normalized spacial score (nSPS) is 32.6. The van der Waals surface area contributed by atoms with Gasteiger partial charge in [-0.2, -0.15) is 0 Å². The highest BCUT2D eigenvalue weighted by Gasteiger charge is 2.69. The van der Waals surface area contributed by atoms with Crippen molar-refractivity contribution in [1.29, 1.82) is 0 Å². The van der Waals surface area contributed by atoms with Crippen molar-refractivity contribution in [2.75, 3.05) is 0 Å². The van der Waals surface area contributed by atoms with Gasteiger partial charge in [-0.05, 0) is 68.4 Å². The minimum absolute atomic E-state index is 0.140. The first kappa shape index (κ1) is 24.7. The highest BCUT2D eigenvalue weighted by molar-refractivity contribution is 6.90. The van der Waals surface area contributed by atoms with Crippen LogP contribution in [0.15, 0.2) is 18.2 Å². The van der Waals surface area contributed by atoms with Gasteiger partial charge in [0.15, 0.2) is 0 Å². The predicted octanol–water partition coefficient (Wildman–Crippen LogP) is 6.45. The van der Waals surface area contributed by atoms with E-state index in [2.05, 4.69) is 96.3 Å². The summed E-state index contributed by atoms with van der Waals surface area (Å²) in [5, 5.41) is 0. The van der Waals surface area contributed by atoms with Gasteiger partial charge in [0.1, 0.15) is 16.5 Å². The van der Waals surface area contributed by atoms with Gasteiger partial charge in [-0.1, -0.05) is 76.9 Å². The number of rotatable bonds is 6. The maximum Gasteiger partial charge on any atom is 0.475 e. The van der Waals surface area contributed by atoms with Crippen molar-refractivity contribution < 1.29 is 9.31 Å².